The maximum Gasteiger partial charge on any atom is 0.295 e. The van der Waals surface area contributed by atoms with E-state index in [-0.39, 0.29) is 17.9 Å². The third kappa shape index (κ3) is 6.45. The molecule has 8 heteroatoms. The summed E-state index contributed by atoms with van der Waals surface area (Å²) in [4.78, 5) is 32.4. The molecule has 1 atom stereocenters. The van der Waals surface area contributed by atoms with Gasteiger partial charge in [-0.1, -0.05) is 39.0 Å². The van der Waals surface area contributed by atoms with E-state index in [0.717, 1.165) is 18.4 Å². The highest BCUT2D eigenvalue weighted by Crippen LogP contribution is 2.43. The van der Waals surface area contributed by atoms with Crippen molar-refractivity contribution in [1.82, 2.24) is 9.88 Å². The first-order valence-corrected chi connectivity index (χ1v) is 13.5. The summed E-state index contributed by atoms with van der Waals surface area (Å²) in [6.07, 6.45) is 4.98. The van der Waals surface area contributed by atoms with Gasteiger partial charge in [0.15, 0.2) is 11.5 Å². The number of methoxy groups -OCH3 is 1. The molecule has 2 aromatic carbocycles. The summed E-state index contributed by atoms with van der Waals surface area (Å²) in [6, 6.07) is 15.0. The molecule has 8 nitrogen and oxygen atoms in total. The summed E-state index contributed by atoms with van der Waals surface area (Å²) in [6.45, 7) is 7.46. The Morgan fingerprint density at radius 3 is 2.48 bits per heavy atom. The Morgan fingerprint density at radius 1 is 1.00 bits per heavy atom. The molecule has 4 rings (SSSR count). The number of pyridine rings is 1. The molecule has 0 bridgehead atoms. The van der Waals surface area contributed by atoms with E-state index in [2.05, 4.69) is 18.8 Å². The molecule has 1 fully saturated rings. The number of carbonyl (C=O) groups is 2. The van der Waals surface area contributed by atoms with Gasteiger partial charge in [0.1, 0.15) is 11.5 Å². The van der Waals surface area contributed by atoms with Gasteiger partial charge in [0.2, 0.25) is 0 Å². The van der Waals surface area contributed by atoms with Crippen LogP contribution in [0, 0.1) is 5.92 Å². The highest BCUT2D eigenvalue weighted by Gasteiger charge is 2.46. The first kappa shape index (κ1) is 28.7. The molecule has 1 saturated heterocycles. The maximum atomic E-state index is 13.5. The monoisotopic (exact) mass is 544 g/mol. The number of aliphatic hydroxyl groups excluding tert-OH is 1. The molecule has 210 valence electrons. The average Bonchev–Trinajstić information content (AvgIpc) is 3.21. The minimum atomic E-state index is -0.855. The Morgan fingerprint density at radius 2 is 1.77 bits per heavy atom. The predicted molar refractivity (Wildman–Crippen MR) is 152 cm³/mol. The maximum absolute atomic E-state index is 13.5. The van der Waals surface area contributed by atoms with Crippen molar-refractivity contribution in [3.05, 3.63) is 89.3 Å². The number of carbonyl (C=O) groups excluding carboxylic acids is 2. The van der Waals surface area contributed by atoms with E-state index in [9.17, 15) is 14.7 Å². The summed E-state index contributed by atoms with van der Waals surface area (Å²) in [5.41, 5.74) is 1.81. The molecule has 3 aromatic rings. The van der Waals surface area contributed by atoms with Crippen LogP contribution in [0.25, 0.3) is 5.76 Å². The molecule has 1 aliphatic rings. The zero-order chi connectivity index (χ0) is 28.6. The van der Waals surface area contributed by atoms with Crippen molar-refractivity contribution in [1.29, 1.82) is 0 Å². The van der Waals surface area contributed by atoms with Crippen LogP contribution in [0.15, 0.2) is 72.6 Å². The lowest BCUT2D eigenvalue weighted by Gasteiger charge is -2.26. The topological polar surface area (TPSA) is 98.2 Å². The van der Waals surface area contributed by atoms with Gasteiger partial charge in [-0.2, -0.15) is 0 Å². The minimum Gasteiger partial charge on any atom is -0.507 e. The van der Waals surface area contributed by atoms with Crippen LogP contribution in [0.2, 0.25) is 0 Å². The van der Waals surface area contributed by atoms with E-state index in [1.807, 2.05) is 6.92 Å². The van der Waals surface area contributed by atoms with Gasteiger partial charge in [-0.3, -0.25) is 14.6 Å². The van der Waals surface area contributed by atoms with Crippen molar-refractivity contribution < 1.29 is 28.9 Å². The first-order valence-electron chi connectivity index (χ1n) is 13.5. The molecule has 1 amide bonds. The van der Waals surface area contributed by atoms with Crippen molar-refractivity contribution >= 4 is 17.4 Å². The van der Waals surface area contributed by atoms with Crippen LogP contribution < -0.4 is 14.2 Å². The molecule has 0 aliphatic carbocycles. The lowest BCUT2D eigenvalue weighted by Crippen LogP contribution is -2.29. The minimum absolute atomic E-state index is 0.00206. The Kier molecular flexibility index (Phi) is 9.43. The number of hydrogen-bond acceptors (Lipinski definition) is 7. The second-order valence-electron chi connectivity index (χ2n) is 10.1. The van der Waals surface area contributed by atoms with E-state index in [1.54, 1.807) is 74.1 Å². The number of rotatable bonds is 12. The molecule has 0 spiro atoms. The molecule has 1 N–H and O–H groups in total. The number of amides is 1. The lowest BCUT2D eigenvalue weighted by atomic mass is 9.94. The average molecular weight is 545 g/mol. The number of nitrogens with zero attached hydrogens (tertiary/aromatic N) is 2. The number of aliphatic hydroxyl groups is 1. The Hall–Kier alpha value is -4.33. The van der Waals surface area contributed by atoms with E-state index < -0.39 is 17.7 Å². The van der Waals surface area contributed by atoms with Crippen LogP contribution >= 0.6 is 0 Å². The van der Waals surface area contributed by atoms with Crippen LogP contribution in [0.5, 0.6) is 17.2 Å². The zero-order valence-electron chi connectivity index (χ0n) is 23.4. The Labute approximate surface area is 235 Å². The molecule has 1 unspecified atom stereocenters. The fraction of sp³-hybridized carbons (Fsp3) is 0.344. The standard InChI is InChI=1S/C32H36N2O6/c1-5-16-39-25-8-6-7-24(18-25)30(35)28-29(34(32(37)31(28)36)20-22-11-14-33-15-12-22)23-9-10-26(27(19-23)38-4)40-17-13-21(2)3/h6-12,14-15,18-19,21,29,35H,5,13,16-17,20H2,1-4H3/b30-28+. The van der Waals surface area contributed by atoms with E-state index >= 15 is 0 Å². The number of hydrogen-bond donors (Lipinski definition) is 1. The van der Waals surface area contributed by atoms with Crippen molar-refractivity contribution in [3.63, 3.8) is 0 Å². The Balaban J connectivity index is 1.80. The number of ketones is 1. The van der Waals surface area contributed by atoms with E-state index in [4.69, 9.17) is 14.2 Å². The van der Waals surface area contributed by atoms with Crippen molar-refractivity contribution in [2.24, 2.45) is 5.92 Å². The second kappa shape index (κ2) is 13.2. The number of ether oxygens (including phenoxy) is 3. The van der Waals surface area contributed by atoms with Crippen LogP contribution in [0.3, 0.4) is 0 Å². The molecule has 40 heavy (non-hydrogen) atoms. The number of likely N-dealkylation sites (tertiary alicyclic amines) is 1. The highest BCUT2D eigenvalue weighted by molar-refractivity contribution is 6.46. The fourth-order valence-electron chi connectivity index (χ4n) is 4.56. The van der Waals surface area contributed by atoms with E-state index in [0.29, 0.717) is 47.5 Å². The van der Waals surface area contributed by atoms with Crippen molar-refractivity contribution in [2.75, 3.05) is 20.3 Å². The van der Waals surface area contributed by atoms with Gasteiger partial charge in [-0.15, -0.1) is 0 Å². The first-order chi connectivity index (χ1) is 19.3. The zero-order valence-corrected chi connectivity index (χ0v) is 23.4. The van der Waals surface area contributed by atoms with Gasteiger partial charge in [0, 0.05) is 24.5 Å². The predicted octanol–water partition coefficient (Wildman–Crippen LogP) is 5.93. The second-order valence-corrected chi connectivity index (χ2v) is 10.1. The largest absolute Gasteiger partial charge is 0.507 e. The van der Waals surface area contributed by atoms with Crippen LogP contribution in [0.1, 0.15) is 56.3 Å². The number of benzene rings is 2. The summed E-state index contributed by atoms with van der Waals surface area (Å²) >= 11 is 0. The molecule has 2 heterocycles. The SMILES string of the molecule is CCCOc1cccc(/C(O)=C2\C(=O)C(=O)N(Cc3ccncc3)C2c2ccc(OCCC(C)C)c(OC)c2)c1. The molecule has 1 aromatic heterocycles. The van der Waals surface area contributed by atoms with Gasteiger partial charge >= 0.3 is 0 Å². The van der Waals surface area contributed by atoms with Crippen molar-refractivity contribution in [2.45, 2.75) is 46.2 Å². The lowest BCUT2D eigenvalue weighted by molar-refractivity contribution is -0.140. The quantitative estimate of drug-likeness (QED) is 0.172. The number of aromatic nitrogens is 1. The molecule has 1 aliphatic heterocycles. The third-order valence-corrected chi connectivity index (χ3v) is 6.68. The Bertz CT molecular complexity index is 1370. The summed E-state index contributed by atoms with van der Waals surface area (Å²) in [7, 11) is 1.55. The summed E-state index contributed by atoms with van der Waals surface area (Å²) in [5.74, 6) is 0.385. The smallest absolute Gasteiger partial charge is 0.295 e. The van der Waals surface area contributed by atoms with Gasteiger partial charge in [0.05, 0.1) is 31.9 Å². The third-order valence-electron chi connectivity index (χ3n) is 6.68. The van der Waals surface area contributed by atoms with Crippen molar-refractivity contribution in [3.8, 4) is 17.2 Å². The van der Waals surface area contributed by atoms with Crippen LogP contribution in [0.4, 0.5) is 0 Å². The number of Topliss-reactive ketones (excluding diaryl/α,β-unsaturated/α-hetero) is 1. The fourth-order valence-corrected chi connectivity index (χ4v) is 4.56. The van der Waals surface area contributed by atoms with E-state index in [1.165, 1.54) is 4.90 Å². The molecule has 0 radical (unpaired) electrons. The summed E-state index contributed by atoms with van der Waals surface area (Å²) in [5, 5.41) is 11.5. The van der Waals surface area contributed by atoms with Gasteiger partial charge < -0.3 is 24.2 Å². The normalized spacial score (nSPS) is 16.4. The van der Waals surface area contributed by atoms with Gasteiger partial charge in [-0.25, -0.2) is 0 Å². The highest BCUT2D eigenvalue weighted by atomic mass is 16.5. The van der Waals surface area contributed by atoms with Crippen LogP contribution in [-0.4, -0.2) is 47.0 Å². The van der Waals surface area contributed by atoms with Gasteiger partial charge in [-0.05, 0) is 66.3 Å². The van der Waals surface area contributed by atoms with Crippen LogP contribution in [-0.2, 0) is 16.1 Å². The van der Waals surface area contributed by atoms with Gasteiger partial charge in [0.25, 0.3) is 11.7 Å². The molecule has 0 saturated carbocycles. The molecular weight excluding hydrogens is 508 g/mol. The summed E-state index contributed by atoms with van der Waals surface area (Å²) < 4.78 is 17.3. The molecular formula is C32H36N2O6.